The molecule has 0 rings (SSSR count). The minimum atomic E-state index is -2.00. The molecule has 0 aromatic rings. The van der Waals surface area contributed by atoms with Crippen LogP contribution in [0.5, 0.6) is 0 Å². The van der Waals surface area contributed by atoms with Gasteiger partial charge in [0.1, 0.15) is 0 Å². The summed E-state index contributed by atoms with van der Waals surface area (Å²) in [6.07, 6.45) is 0. The van der Waals surface area contributed by atoms with Crippen molar-refractivity contribution >= 4 is 0 Å². The number of methoxy groups -OCH3 is 1. The third kappa shape index (κ3) is 3.97. The minimum absolute atomic E-state index is 1.16. The van der Waals surface area contributed by atoms with Gasteiger partial charge < -0.3 is 20.1 Å². The number of ether oxygens (including phenoxy) is 2. The summed E-state index contributed by atoms with van der Waals surface area (Å²) in [6.45, 7) is -3.57. The van der Waals surface area contributed by atoms with Gasteiger partial charge in [-0.3, -0.25) is 4.74 Å². The van der Waals surface area contributed by atoms with Crippen molar-refractivity contribution in [2.45, 2.75) is 13.0 Å². The van der Waals surface area contributed by atoms with Crippen LogP contribution in [-0.4, -0.2) is 35.4 Å². The molecule has 0 aliphatic carbocycles. The van der Waals surface area contributed by atoms with Crippen molar-refractivity contribution in [3.63, 3.8) is 0 Å². The summed E-state index contributed by atoms with van der Waals surface area (Å²) in [7, 11) is 1.16. The van der Waals surface area contributed by atoms with E-state index in [-0.39, 0.29) is 0 Å². The van der Waals surface area contributed by atoms with Crippen LogP contribution in [0.1, 0.15) is 0 Å². The second-order valence-electron chi connectivity index (χ2n) is 1.01. The topological polar surface area (TPSA) is 79.2 Å². The number of aliphatic hydroxyl groups excluding tert-OH is 2. The van der Waals surface area contributed by atoms with Gasteiger partial charge in [0.15, 0.2) is 0 Å². The molecule has 0 amide bonds. The first-order valence-corrected chi connectivity index (χ1v) is 1.89. The number of aliphatic hydroxyl groups is 3. The molecule has 8 heavy (non-hydrogen) atoms. The predicted molar refractivity (Wildman–Crippen MR) is 22.3 cm³/mol. The van der Waals surface area contributed by atoms with Crippen LogP contribution in [-0.2, 0) is 9.47 Å². The highest BCUT2D eigenvalue weighted by molar-refractivity contribution is 4.09. The van der Waals surface area contributed by atoms with Gasteiger partial charge in [-0.25, -0.2) is 0 Å². The maximum Gasteiger partial charge on any atom is 0.272 e. The van der Waals surface area contributed by atoms with E-state index >= 15 is 0 Å². The molecule has 5 nitrogen and oxygen atoms in total. The van der Waals surface area contributed by atoms with Gasteiger partial charge in [-0.2, -0.15) is 0 Å². The van der Waals surface area contributed by atoms with Gasteiger partial charge in [-0.1, -0.05) is 0 Å². The molecule has 3 N–H and O–H groups in total. The van der Waals surface area contributed by atoms with Gasteiger partial charge >= 0.3 is 0 Å². The van der Waals surface area contributed by atoms with Crippen molar-refractivity contribution in [1.29, 1.82) is 0 Å². The van der Waals surface area contributed by atoms with E-state index in [0.29, 0.717) is 0 Å². The highest BCUT2D eigenvalue weighted by Crippen LogP contribution is 1.88. The molecule has 0 bridgehead atoms. The molecule has 0 saturated heterocycles. The summed E-state index contributed by atoms with van der Waals surface area (Å²) in [5.74, 6) is 0. The molecule has 0 aromatic carbocycles. The van der Waals surface area contributed by atoms with Crippen molar-refractivity contribution in [3.05, 3.63) is 0 Å². The highest BCUT2D eigenvalue weighted by Gasteiger charge is 2.04. The Bertz CT molecular complexity index is 53.6. The molecule has 1 atom stereocenters. The molecule has 0 heterocycles. The Morgan fingerprint density at radius 1 is 1.25 bits per heavy atom. The summed E-state index contributed by atoms with van der Waals surface area (Å²) in [6, 6.07) is 0. The molecule has 0 spiro atoms. The van der Waals surface area contributed by atoms with Crippen LogP contribution in [0.2, 0.25) is 0 Å². The van der Waals surface area contributed by atoms with E-state index in [1.807, 2.05) is 0 Å². The molecule has 50 valence electrons. The predicted octanol–water partition coefficient (Wildman–Crippen LogP) is -1.81. The zero-order valence-electron chi connectivity index (χ0n) is 4.31. The highest BCUT2D eigenvalue weighted by atomic mass is 16.9. The molecule has 0 aliphatic rings. The maximum absolute atomic E-state index is 8.26. The van der Waals surface area contributed by atoms with E-state index in [0.717, 1.165) is 7.11 Å². The van der Waals surface area contributed by atoms with Gasteiger partial charge in [0.2, 0.25) is 0 Å². The van der Waals surface area contributed by atoms with Crippen molar-refractivity contribution in [2.24, 2.45) is 0 Å². The van der Waals surface area contributed by atoms with E-state index in [4.69, 9.17) is 15.3 Å². The Labute approximate surface area is 46.1 Å². The third-order valence-corrected chi connectivity index (χ3v) is 0.440. The Balaban J connectivity index is 3.10. The fourth-order valence-corrected chi connectivity index (χ4v) is 0.160. The van der Waals surface area contributed by atoms with Crippen molar-refractivity contribution < 1.29 is 24.8 Å². The lowest BCUT2D eigenvalue weighted by atomic mass is 11.2. The lowest BCUT2D eigenvalue weighted by Crippen LogP contribution is -2.22. The molecular formula is C3H8O5. The average Bonchev–Trinajstić information content (AvgIpc) is 1.65. The van der Waals surface area contributed by atoms with Crippen molar-refractivity contribution in [3.8, 4) is 0 Å². The van der Waals surface area contributed by atoms with Gasteiger partial charge in [0, 0.05) is 7.11 Å². The molecule has 0 fully saturated rings. The van der Waals surface area contributed by atoms with Crippen LogP contribution >= 0.6 is 0 Å². The fourth-order valence-electron chi connectivity index (χ4n) is 0.160. The van der Waals surface area contributed by atoms with Gasteiger partial charge in [-0.15, -0.1) is 0 Å². The Kier molecular flexibility index (Phi) is 3.67. The third-order valence-electron chi connectivity index (χ3n) is 0.440. The first-order chi connectivity index (χ1) is 3.66. The lowest BCUT2D eigenvalue weighted by Gasteiger charge is -2.09. The van der Waals surface area contributed by atoms with Crippen molar-refractivity contribution in [2.75, 3.05) is 7.11 Å². The Morgan fingerprint density at radius 2 is 1.75 bits per heavy atom. The molecular weight excluding hydrogens is 116 g/mol. The zero-order valence-corrected chi connectivity index (χ0v) is 4.31. The van der Waals surface area contributed by atoms with Crippen LogP contribution in [0.3, 0.4) is 0 Å². The second-order valence-corrected chi connectivity index (χ2v) is 1.01. The minimum Gasteiger partial charge on any atom is -0.346 e. The van der Waals surface area contributed by atoms with E-state index in [2.05, 4.69) is 9.47 Å². The van der Waals surface area contributed by atoms with Crippen LogP contribution in [0, 0.1) is 0 Å². The van der Waals surface area contributed by atoms with Crippen LogP contribution in [0.4, 0.5) is 0 Å². The average molecular weight is 124 g/mol. The van der Waals surface area contributed by atoms with Crippen molar-refractivity contribution in [1.82, 2.24) is 0 Å². The molecule has 5 heteroatoms. The van der Waals surface area contributed by atoms with Gasteiger partial charge in [-0.05, 0) is 0 Å². The summed E-state index contributed by atoms with van der Waals surface area (Å²) in [4.78, 5) is 0. The van der Waals surface area contributed by atoms with Crippen LogP contribution in [0.15, 0.2) is 0 Å². The monoisotopic (exact) mass is 124 g/mol. The smallest absolute Gasteiger partial charge is 0.272 e. The zero-order chi connectivity index (χ0) is 6.57. The van der Waals surface area contributed by atoms with Crippen LogP contribution < -0.4 is 0 Å². The molecule has 0 radical (unpaired) electrons. The first kappa shape index (κ1) is 7.80. The normalized spacial score (nSPS) is 14.6. The van der Waals surface area contributed by atoms with E-state index in [1.54, 1.807) is 0 Å². The first-order valence-electron chi connectivity index (χ1n) is 1.89. The summed E-state index contributed by atoms with van der Waals surface area (Å²) >= 11 is 0. The standard InChI is InChI=1S/C3H8O5/c1-7-3(6)8-2(4)5/h2-6H,1H3. The van der Waals surface area contributed by atoms with E-state index in [9.17, 15) is 0 Å². The molecule has 0 aromatic heterocycles. The number of hydrogen-bond acceptors (Lipinski definition) is 5. The van der Waals surface area contributed by atoms with E-state index in [1.165, 1.54) is 0 Å². The Morgan fingerprint density at radius 3 is 1.88 bits per heavy atom. The summed E-state index contributed by atoms with van der Waals surface area (Å²) < 4.78 is 7.92. The number of hydrogen-bond donors (Lipinski definition) is 3. The summed E-state index contributed by atoms with van der Waals surface area (Å²) in [5, 5.41) is 24.2. The second kappa shape index (κ2) is 3.76. The lowest BCUT2D eigenvalue weighted by molar-refractivity contribution is -0.360. The quantitative estimate of drug-likeness (QED) is 0.386. The fraction of sp³-hybridized carbons (Fsp3) is 1.00. The van der Waals surface area contributed by atoms with E-state index < -0.39 is 13.0 Å². The van der Waals surface area contributed by atoms with Gasteiger partial charge in [0.25, 0.3) is 13.0 Å². The van der Waals surface area contributed by atoms with Crippen LogP contribution in [0.25, 0.3) is 0 Å². The maximum atomic E-state index is 8.26. The SMILES string of the molecule is COC(O)OC(O)O. The largest absolute Gasteiger partial charge is 0.346 e. The molecule has 0 saturated carbocycles. The van der Waals surface area contributed by atoms with Gasteiger partial charge in [0.05, 0.1) is 0 Å². The summed E-state index contributed by atoms with van der Waals surface area (Å²) in [5.41, 5.74) is 0. The number of rotatable bonds is 3. The molecule has 0 aliphatic heterocycles. The molecule has 1 unspecified atom stereocenters. The Hall–Kier alpha value is -0.200.